The van der Waals surface area contributed by atoms with E-state index >= 15 is 0 Å². The third-order valence-electron chi connectivity index (χ3n) is 17.9. The first kappa shape index (κ1) is 46.2. The van der Waals surface area contributed by atoms with E-state index in [2.05, 4.69) is 39.1 Å². The molecule has 17 nitrogen and oxygen atoms in total. The number of rotatable bonds is 8. The smallest absolute Gasteiger partial charge is 0.187 e. The molecule has 9 rings (SSSR count). The summed E-state index contributed by atoms with van der Waals surface area (Å²) in [7, 11) is 0. The molecule has 0 unspecified atom stereocenters. The minimum atomic E-state index is -1.84. The normalized spacial score (nSPS) is 57.6. The Morgan fingerprint density at radius 2 is 1.35 bits per heavy atom. The Morgan fingerprint density at radius 3 is 2.05 bits per heavy atom. The number of aliphatic hydroxyl groups is 9. The molecular formula is C45H73NO16. The first-order valence-electron chi connectivity index (χ1n) is 23.5. The molecule has 17 heteroatoms. The first-order valence-corrected chi connectivity index (χ1v) is 23.5. The number of piperidine rings is 1. The second-order valence-corrected chi connectivity index (χ2v) is 21.2. The zero-order valence-corrected chi connectivity index (χ0v) is 36.7. The Kier molecular flexibility index (Phi) is 12.9. The van der Waals surface area contributed by atoms with Crippen molar-refractivity contribution in [2.75, 3.05) is 19.8 Å². The second kappa shape index (κ2) is 17.3. The SMILES string of the molecule is C[C@@H]1CC[C@@]2(NC1)O[C@@H]1C[C@@H]3[C@@H]4CC=C5C[C@H](O[C@@H]6O[C@H](CO)[C@H](O)[C@H](O[C@@H]7O[C@H](CO)[C@@H](O)[C@H](O)[C@H]7O)[C@H]6O[C@@H]6O[C@@H](C)[C@H](O)[C@@H](O)[C@H]6O)CC[C@]5(C)[C@H]4CC[C@]3(C)[C@@H]1[C@H]2C. The van der Waals surface area contributed by atoms with E-state index in [9.17, 15) is 46.0 Å². The van der Waals surface area contributed by atoms with Crippen molar-refractivity contribution in [2.45, 2.75) is 202 Å². The third-order valence-corrected chi connectivity index (χ3v) is 17.9. The van der Waals surface area contributed by atoms with Gasteiger partial charge in [0, 0.05) is 12.5 Å². The maximum Gasteiger partial charge on any atom is 0.187 e. The molecule has 0 bridgehead atoms. The highest BCUT2D eigenvalue weighted by Crippen LogP contribution is 2.70. The summed E-state index contributed by atoms with van der Waals surface area (Å²) >= 11 is 0. The molecule has 0 aromatic rings. The molecule has 3 saturated carbocycles. The summed E-state index contributed by atoms with van der Waals surface area (Å²) in [4.78, 5) is 0. The van der Waals surface area contributed by atoms with Gasteiger partial charge in [-0.2, -0.15) is 0 Å². The third kappa shape index (κ3) is 7.49. The Balaban J connectivity index is 0.940. The summed E-state index contributed by atoms with van der Waals surface area (Å²) in [6.45, 7) is 10.8. The maximum atomic E-state index is 11.6. The van der Waals surface area contributed by atoms with Gasteiger partial charge < -0.3 is 79.1 Å². The molecule has 8 fully saturated rings. The van der Waals surface area contributed by atoms with Gasteiger partial charge in [-0.1, -0.05) is 39.3 Å². The Morgan fingerprint density at radius 1 is 0.694 bits per heavy atom. The van der Waals surface area contributed by atoms with Crippen LogP contribution < -0.4 is 5.32 Å². The lowest BCUT2D eigenvalue weighted by molar-refractivity contribution is -0.394. The average Bonchev–Trinajstić information content (AvgIpc) is 3.70. The topological polar surface area (TPSA) is 259 Å². The van der Waals surface area contributed by atoms with Gasteiger partial charge in [0.2, 0.25) is 0 Å². The van der Waals surface area contributed by atoms with Crippen LogP contribution >= 0.6 is 0 Å². The van der Waals surface area contributed by atoms with Crippen LogP contribution in [-0.2, 0) is 33.2 Å². The Hall–Kier alpha value is -0.940. The molecule has 0 amide bonds. The van der Waals surface area contributed by atoms with Gasteiger partial charge >= 0.3 is 0 Å². The number of hydrogen-bond acceptors (Lipinski definition) is 17. The lowest BCUT2D eigenvalue weighted by Gasteiger charge is -2.59. The second-order valence-electron chi connectivity index (χ2n) is 21.2. The monoisotopic (exact) mass is 883 g/mol. The molecule has 1 spiro atoms. The van der Waals surface area contributed by atoms with Gasteiger partial charge in [0.05, 0.1) is 31.5 Å². The average molecular weight is 884 g/mol. The fourth-order valence-corrected chi connectivity index (χ4v) is 14.2. The molecule has 5 aliphatic heterocycles. The minimum absolute atomic E-state index is 0.0361. The molecule has 9 aliphatic rings. The molecule has 0 radical (unpaired) electrons. The van der Waals surface area contributed by atoms with Gasteiger partial charge in [-0.3, -0.25) is 5.32 Å². The standard InChI is InChI=1S/C45H73NO16/c1-19-8-13-45(46-16-19)20(2)30-27(62-45)15-26-24-7-6-22-14-23(9-11-43(22,4)25(24)10-12-44(26,30)5)57-42-39(61-40-36(54)34(52)31(49)21(3)56-40)38(33(51)29(18-48)59-42)60-41-37(55)35(53)32(50)28(17-47)58-41/h6,19-21,23-42,46-55H,7-18H2,1-5H3/t19-,20-,21+,23-,24-,25+,26-,27-,28-,29-,30-,31+,32-,33+,34-,35+,36-,37-,38+,39-,40+,41+,42-,43+,44+,45-/m1/s1. The van der Waals surface area contributed by atoms with E-state index in [-0.39, 0.29) is 22.7 Å². The van der Waals surface area contributed by atoms with E-state index in [0.717, 1.165) is 38.6 Å². The van der Waals surface area contributed by atoms with Crippen LogP contribution in [-0.4, -0.2) is 176 Å². The number of ether oxygens (including phenoxy) is 7. The summed E-state index contributed by atoms with van der Waals surface area (Å²) in [5, 5.41) is 99.7. The van der Waals surface area contributed by atoms with Gasteiger partial charge in [-0.05, 0) is 105 Å². The molecular weight excluding hydrogens is 810 g/mol. The molecule has 354 valence electrons. The van der Waals surface area contributed by atoms with Crippen LogP contribution in [0.3, 0.4) is 0 Å². The number of hydrogen-bond donors (Lipinski definition) is 10. The van der Waals surface area contributed by atoms with Crippen LogP contribution in [0.2, 0.25) is 0 Å². The molecule has 10 N–H and O–H groups in total. The summed E-state index contributed by atoms with van der Waals surface area (Å²) in [5.41, 5.74) is 1.32. The molecule has 4 aliphatic carbocycles. The summed E-state index contributed by atoms with van der Waals surface area (Å²) in [6.07, 6.45) is -11.9. The number of fused-ring (bicyclic) bond motifs is 7. The molecule has 62 heavy (non-hydrogen) atoms. The van der Waals surface area contributed by atoms with E-state index in [4.69, 9.17) is 33.2 Å². The maximum absolute atomic E-state index is 11.6. The van der Waals surface area contributed by atoms with E-state index in [1.54, 1.807) is 0 Å². The van der Waals surface area contributed by atoms with Crippen LogP contribution in [0.25, 0.3) is 0 Å². The van der Waals surface area contributed by atoms with Gasteiger partial charge in [-0.25, -0.2) is 0 Å². The van der Waals surface area contributed by atoms with Crippen molar-refractivity contribution in [2.24, 2.45) is 46.3 Å². The van der Waals surface area contributed by atoms with Crippen LogP contribution in [0.5, 0.6) is 0 Å². The number of allylic oxidation sites excluding steroid dienone is 1. The van der Waals surface area contributed by atoms with Gasteiger partial charge in [0.1, 0.15) is 72.9 Å². The van der Waals surface area contributed by atoms with Crippen molar-refractivity contribution < 1.29 is 79.1 Å². The van der Waals surface area contributed by atoms with Crippen molar-refractivity contribution in [1.29, 1.82) is 0 Å². The lowest BCUT2D eigenvalue weighted by Crippen LogP contribution is -2.67. The molecule has 26 atom stereocenters. The molecule has 0 aromatic heterocycles. The van der Waals surface area contributed by atoms with Crippen molar-refractivity contribution in [3.8, 4) is 0 Å². The van der Waals surface area contributed by atoms with Crippen molar-refractivity contribution in [3.63, 3.8) is 0 Å². The van der Waals surface area contributed by atoms with Gasteiger partial charge in [0.15, 0.2) is 18.9 Å². The summed E-state index contributed by atoms with van der Waals surface area (Å²) in [5.74, 6) is 3.32. The molecule has 5 heterocycles. The van der Waals surface area contributed by atoms with Crippen molar-refractivity contribution >= 4 is 0 Å². The van der Waals surface area contributed by atoms with Crippen LogP contribution in [0.15, 0.2) is 11.6 Å². The largest absolute Gasteiger partial charge is 0.394 e. The van der Waals surface area contributed by atoms with Crippen molar-refractivity contribution in [1.82, 2.24) is 5.32 Å². The lowest BCUT2D eigenvalue weighted by atomic mass is 9.47. The fourth-order valence-electron chi connectivity index (χ4n) is 14.2. The van der Waals surface area contributed by atoms with E-state index < -0.39 is 111 Å². The fraction of sp³-hybridized carbons (Fsp3) is 0.956. The van der Waals surface area contributed by atoms with Gasteiger partial charge in [0.25, 0.3) is 0 Å². The number of nitrogens with one attached hydrogen (secondary N) is 1. The van der Waals surface area contributed by atoms with Gasteiger partial charge in [-0.15, -0.1) is 0 Å². The zero-order valence-electron chi connectivity index (χ0n) is 36.7. The van der Waals surface area contributed by atoms with E-state index in [1.165, 1.54) is 25.3 Å². The van der Waals surface area contributed by atoms with E-state index in [1.807, 2.05) is 0 Å². The zero-order chi connectivity index (χ0) is 44.2. The number of aliphatic hydroxyl groups excluding tert-OH is 9. The highest BCUT2D eigenvalue weighted by atomic mass is 16.8. The first-order chi connectivity index (χ1) is 29.4. The Labute approximate surface area is 364 Å². The minimum Gasteiger partial charge on any atom is -0.394 e. The molecule has 0 aromatic carbocycles. The quantitative estimate of drug-likeness (QED) is 0.142. The predicted molar refractivity (Wildman–Crippen MR) is 216 cm³/mol. The summed E-state index contributed by atoms with van der Waals surface area (Å²) < 4.78 is 43.9. The highest BCUT2D eigenvalue weighted by Gasteiger charge is 2.68. The Bertz CT molecular complexity index is 1610. The van der Waals surface area contributed by atoms with Crippen LogP contribution in [0.4, 0.5) is 0 Å². The van der Waals surface area contributed by atoms with E-state index in [0.29, 0.717) is 48.3 Å². The molecule has 5 saturated heterocycles. The van der Waals surface area contributed by atoms with Crippen LogP contribution in [0, 0.1) is 46.3 Å². The highest BCUT2D eigenvalue weighted by molar-refractivity contribution is 5.26. The van der Waals surface area contributed by atoms with Crippen LogP contribution in [0.1, 0.15) is 92.4 Å². The predicted octanol–water partition coefficient (Wildman–Crippen LogP) is -0.213. The van der Waals surface area contributed by atoms with Crippen molar-refractivity contribution in [3.05, 3.63) is 11.6 Å². The summed E-state index contributed by atoms with van der Waals surface area (Å²) in [6, 6.07) is 0.